The highest BCUT2D eigenvalue weighted by Gasteiger charge is 2.07. The Balaban J connectivity index is 1.87. The van der Waals surface area contributed by atoms with Crippen LogP contribution in [0.25, 0.3) is 6.08 Å². The van der Waals surface area contributed by atoms with E-state index in [-0.39, 0.29) is 11.0 Å². The summed E-state index contributed by atoms with van der Waals surface area (Å²) >= 11 is 5.20. The van der Waals surface area contributed by atoms with Crippen molar-refractivity contribution in [2.24, 2.45) is 0 Å². The number of carbonyl (C=O) groups is 1. The van der Waals surface area contributed by atoms with Crippen molar-refractivity contribution in [3.63, 3.8) is 0 Å². The molecule has 154 valence electrons. The van der Waals surface area contributed by atoms with Crippen LogP contribution >= 0.6 is 12.2 Å². The van der Waals surface area contributed by atoms with Gasteiger partial charge in [0.25, 0.3) is 0 Å². The van der Waals surface area contributed by atoms with E-state index >= 15 is 0 Å². The highest BCUT2D eigenvalue weighted by Crippen LogP contribution is 2.28. The van der Waals surface area contributed by atoms with Gasteiger partial charge in [0.05, 0.1) is 20.8 Å². The minimum absolute atomic E-state index is 0.241. The second-order valence-corrected chi connectivity index (χ2v) is 6.49. The maximum atomic E-state index is 12.1. The van der Waals surface area contributed by atoms with Crippen LogP contribution in [-0.4, -0.2) is 31.8 Å². The SMILES string of the molecule is CCCOc1ccc(CNC(=S)NC(=O)/C=C/c2ccccc2OC)cc1OC. The van der Waals surface area contributed by atoms with Crippen molar-refractivity contribution in [3.05, 3.63) is 59.7 Å². The molecule has 0 aliphatic rings. The number of benzene rings is 2. The summed E-state index contributed by atoms with van der Waals surface area (Å²) in [5.41, 5.74) is 1.76. The van der Waals surface area contributed by atoms with E-state index in [2.05, 4.69) is 10.6 Å². The molecule has 0 aliphatic heterocycles. The maximum absolute atomic E-state index is 12.1. The van der Waals surface area contributed by atoms with Crippen LogP contribution in [0.5, 0.6) is 17.2 Å². The van der Waals surface area contributed by atoms with Gasteiger partial charge in [-0.05, 0) is 48.5 Å². The molecule has 0 heterocycles. The van der Waals surface area contributed by atoms with Gasteiger partial charge in [0.1, 0.15) is 5.75 Å². The van der Waals surface area contributed by atoms with Crippen molar-refractivity contribution in [2.75, 3.05) is 20.8 Å². The fraction of sp³-hybridized carbons (Fsp3) is 0.273. The summed E-state index contributed by atoms with van der Waals surface area (Å²) in [6.45, 7) is 3.12. The molecule has 2 aromatic carbocycles. The Kier molecular flexibility index (Phi) is 8.98. The van der Waals surface area contributed by atoms with Crippen molar-refractivity contribution < 1.29 is 19.0 Å². The zero-order chi connectivity index (χ0) is 21.1. The molecule has 0 atom stereocenters. The minimum Gasteiger partial charge on any atom is -0.496 e. The molecule has 2 N–H and O–H groups in total. The molecule has 0 saturated heterocycles. The average molecular weight is 415 g/mol. The molecule has 0 unspecified atom stereocenters. The predicted octanol–water partition coefficient (Wildman–Crippen LogP) is 3.70. The van der Waals surface area contributed by atoms with Gasteiger partial charge in [-0.25, -0.2) is 0 Å². The first-order chi connectivity index (χ1) is 14.1. The van der Waals surface area contributed by atoms with E-state index in [9.17, 15) is 4.79 Å². The van der Waals surface area contributed by atoms with Gasteiger partial charge in [-0.15, -0.1) is 0 Å². The molecule has 7 heteroatoms. The molecule has 2 aromatic rings. The van der Waals surface area contributed by atoms with Crippen LogP contribution in [0.2, 0.25) is 0 Å². The molecule has 0 aliphatic carbocycles. The number of rotatable bonds is 9. The fourth-order valence-electron chi connectivity index (χ4n) is 2.50. The quantitative estimate of drug-likeness (QED) is 0.482. The molecule has 1 amide bonds. The zero-order valence-corrected chi connectivity index (χ0v) is 17.7. The lowest BCUT2D eigenvalue weighted by Gasteiger charge is -2.13. The van der Waals surface area contributed by atoms with Gasteiger partial charge in [-0.2, -0.15) is 0 Å². The summed E-state index contributed by atoms with van der Waals surface area (Å²) in [7, 11) is 3.19. The Morgan fingerprint density at radius 3 is 2.55 bits per heavy atom. The Hall–Kier alpha value is -3.06. The van der Waals surface area contributed by atoms with Crippen molar-refractivity contribution in [3.8, 4) is 17.2 Å². The standard InChI is InChI=1S/C22H26N2O4S/c1-4-13-28-19-11-9-16(14-20(19)27-3)15-23-22(29)24-21(25)12-10-17-7-5-6-8-18(17)26-2/h5-12,14H,4,13,15H2,1-3H3,(H2,23,24,25,29)/b12-10+. The van der Waals surface area contributed by atoms with E-state index in [4.69, 9.17) is 26.4 Å². The van der Waals surface area contributed by atoms with Gasteiger partial charge in [0.2, 0.25) is 5.91 Å². The smallest absolute Gasteiger partial charge is 0.250 e. The van der Waals surface area contributed by atoms with Gasteiger partial charge in [0, 0.05) is 18.2 Å². The third-order valence-electron chi connectivity index (χ3n) is 3.93. The minimum atomic E-state index is -0.325. The van der Waals surface area contributed by atoms with Crippen molar-refractivity contribution in [2.45, 2.75) is 19.9 Å². The van der Waals surface area contributed by atoms with Crippen LogP contribution in [0.15, 0.2) is 48.5 Å². The van der Waals surface area contributed by atoms with Gasteiger partial charge < -0.3 is 19.5 Å². The first kappa shape index (κ1) is 22.2. The third kappa shape index (κ3) is 7.12. The molecular formula is C22H26N2O4S. The second kappa shape index (κ2) is 11.7. The van der Waals surface area contributed by atoms with Gasteiger partial charge in [-0.3, -0.25) is 10.1 Å². The third-order valence-corrected chi connectivity index (χ3v) is 4.18. The number of hydrogen-bond acceptors (Lipinski definition) is 5. The van der Waals surface area contributed by atoms with Crippen LogP contribution in [0.1, 0.15) is 24.5 Å². The van der Waals surface area contributed by atoms with Crippen LogP contribution in [0.4, 0.5) is 0 Å². The number of thiocarbonyl (C=S) groups is 1. The summed E-state index contributed by atoms with van der Waals surface area (Å²) in [4.78, 5) is 12.1. The fourth-order valence-corrected chi connectivity index (χ4v) is 2.68. The largest absolute Gasteiger partial charge is 0.496 e. The Morgan fingerprint density at radius 2 is 1.83 bits per heavy atom. The highest BCUT2D eigenvalue weighted by molar-refractivity contribution is 7.80. The number of hydrogen-bond donors (Lipinski definition) is 2. The van der Waals surface area contributed by atoms with E-state index in [0.717, 1.165) is 17.5 Å². The molecule has 0 spiro atoms. The molecule has 2 rings (SSSR count). The van der Waals surface area contributed by atoms with E-state index in [1.807, 2.05) is 49.4 Å². The first-order valence-corrected chi connectivity index (χ1v) is 9.67. The van der Waals surface area contributed by atoms with Crippen molar-refractivity contribution in [1.29, 1.82) is 0 Å². The number of amides is 1. The molecule has 0 saturated carbocycles. The van der Waals surface area contributed by atoms with Crippen molar-refractivity contribution in [1.82, 2.24) is 10.6 Å². The van der Waals surface area contributed by atoms with E-state index < -0.39 is 0 Å². The maximum Gasteiger partial charge on any atom is 0.250 e. The van der Waals surface area contributed by atoms with Crippen LogP contribution < -0.4 is 24.8 Å². The molecule has 0 bridgehead atoms. The van der Waals surface area contributed by atoms with Crippen LogP contribution in [0, 0.1) is 0 Å². The summed E-state index contributed by atoms with van der Waals surface area (Å²) in [5, 5.41) is 5.87. The van der Waals surface area contributed by atoms with Gasteiger partial charge >= 0.3 is 0 Å². The van der Waals surface area contributed by atoms with Crippen LogP contribution in [0.3, 0.4) is 0 Å². The Labute approximate surface area is 176 Å². The Bertz CT molecular complexity index is 868. The topological polar surface area (TPSA) is 68.8 Å². The first-order valence-electron chi connectivity index (χ1n) is 9.27. The summed E-state index contributed by atoms with van der Waals surface area (Å²) < 4.78 is 16.3. The lowest BCUT2D eigenvalue weighted by Crippen LogP contribution is -2.37. The van der Waals surface area contributed by atoms with Gasteiger partial charge in [0.15, 0.2) is 16.6 Å². The number of ether oxygens (including phenoxy) is 3. The monoisotopic (exact) mass is 414 g/mol. The lowest BCUT2D eigenvalue weighted by molar-refractivity contribution is -0.115. The van der Waals surface area contributed by atoms with Crippen molar-refractivity contribution >= 4 is 29.3 Å². The highest BCUT2D eigenvalue weighted by atomic mass is 32.1. The summed E-state index contributed by atoms with van der Waals surface area (Å²) in [5.74, 6) is 1.73. The molecule has 0 radical (unpaired) electrons. The number of nitrogens with one attached hydrogen (secondary N) is 2. The van der Waals surface area contributed by atoms with Crippen LogP contribution in [-0.2, 0) is 11.3 Å². The molecular weight excluding hydrogens is 388 g/mol. The predicted molar refractivity (Wildman–Crippen MR) is 118 cm³/mol. The summed E-state index contributed by atoms with van der Waals surface area (Å²) in [6.07, 6.45) is 4.01. The van der Waals surface area contributed by atoms with E-state index in [0.29, 0.717) is 30.4 Å². The van der Waals surface area contributed by atoms with E-state index in [1.54, 1.807) is 20.3 Å². The van der Waals surface area contributed by atoms with Gasteiger partial charge in [-0.1, -0.05) is 31.2 Å². The number of para-hydroxylation sites is 1. The molecule has 29 heavy (non-hydrogen) atoms. The Morgan fingerprint density at radius 1 is 1.07 bits per heavy atom. The number of methoxy groups -OCH3 is 2. The van der Waals surface area contributed by atoms with E-state index in [1.165, 1.54) is 6.08 Å². The normalized spacial score (nSPS) is 10.4. The lowest BCUT2D eigenvalue weighted by atomic mass is 10.2. The molecule has 6 nitrogen and oxygen atoms in total. The average Bonchev–Trinajstić information content (AvgIpc) is 2.75. The summed E-state index contributed by atoms with van der Waals surface area (Å²) in [6, 6.07) is 13.1. The second-order valence-electron chi connectivity index (χ2n) is 6.08. The zero-order valence-electron chi connectivity index (χ0n) is 16.9. The molecule has 0 fully saturated rings. The number of carbonyl (C=O) groups excluding carboxylic acids is 1. The molecule has 0 aromatic heterocycles.